The third-order valence-electron chi connectivity index (χ3n) is 2.51. The molecule has 2 atom stereocenters. The SMILES string of the molecule is C=NC(CC)/C(=C/N(C)C)C1=CC1C. The summed E-state index contributed by atoms with van der Waals surface area (Å²) < 4.78 is 0. The summed E-state index contributed by atoms with van der Waals surface area (Å²) in [4.78, 5) is 6.25. The van der Waals surface area contributed by atoms with Gasteiger partial charge in [-0.15, -0.1) is 0 Å². The number of nitrogens with zero attached hydrogens (tertiary/aromatic N) is 2. The molecule has 2 heteroatoms. The van der Waals surface area contributed by atoms with Crippen molar-refractivity contribution in [2.75, 3.05) is 14.1 Å². The molecule has 0 saturated carbocycles. The lowest BCUT2D eigenvalue weighted by atomic mass is 10.0. The molecule has 0 fully saturated rings. The molecule has 2 nitrogen and oxygen atoms in total. The molecule has 0 amide bonds. The monoisotopic (exact) mass is 192 g/mol. The van der Waals surface area contributed by atoms with Gasteiger partial charge < -0.3 is 4.90 Å². The normalized spacial score (nSPS) is 22.7. The summed E-state index contributed by atoms with van der Waals surface area (Å²) in [5, 5.41) is 0. The van der Waals surface area contributed by atoms with Gasteiger partial charge in [-0.25, -0.2) is 0 Å². The Kier molecular flexibility index (Phi) is 3.50. The van der Waals surface area contributed by atoms with E-state index in [-0.39, 0.29) is 6.04 Å². The zero-order chi connectivity index (χ0) is 10.7. The molecule has 78 valence electrons. The second-order valence-electron chi connectivity index (χ2n) is 4.07. The molecule has 1 rings (SSSR count). The van der Waals surface area contributed by atoms with E-state index >= 15 is 0 Å². The average molecular weight is 192 g/mol. The second kappa shape index (κ2) is 4.45. The molecule has 0 aromatic carbocycles. The van der Waals surface area contributed by atoms with Crippen LogP contribution < -0.4 is 0 Å². The highest BCUT2D eigenvalue weighted by Crippen LogP contribution is 2.37. The molecule has 2 unspecified atom stereocenters. The summed E-state index contributed by atoms with van der Waals surface area (Å²) in [6.45, 7) is 8.02. The van der Waals surface area contributed by atoms with Crippen LogP contribution in [0.2, 0.25) is 0 Å². The van der Waals surface area contributed by atoms with Gasteiger partial charge in [0.05, 0.1) is 6.04 Å². The molecule has 0 radical (unpaired) electrons. The van der Waals surface area contributed by atoms with Crippen LogP contribution in [-0.4, -0.2) is 31.8 Å². The molecule has 0 heterocycles. The van der Waals surface area contributed by atoms with Crippen LogP contribution >= 0.6 is 0 Å². The predicted molar refractivity (Wildman–Crippen MR) is 62.6 cm³/mol. The first-order valence-electron chi connectivity index (χ1n) is 5.16. The molecule has 0 aromatic rings. The van der Waals surface area contributed by atoms with E-state index in [2.05, 4.69) is 42.7 Å². The fraction of sp³-hybridized carbons (Fsp3) is 0.583. The van der Waals surface area contributed by atoms with Gasteiger partial charge in [-0.3, -0.25) is 4.99 Å². The molecular formula is C12H20N2. The fourth-order valence-corrected chi connectivity index (χ4v) is 1.66. The highest BCUT2D eigenvalue weighted by atomic mass is 15.0. The van der Waals surface area contributed by atoms with Crippen molar-refractivity contribution >= 4 is 6.72 Å². The highest BCUT2D eigenvalue weighted by Gasteiger charge is 2.27. The first kappa shape index (κ1) is 11.0. The Morgan fingerprint density at radius 3 is 2.57 bits per heavy atom. The Bertz CT molecular complexity index is 274. The number of rotatable bonds is 5. The highest BCUT2D eigenvalue weighted by molar-refractivity contribution is 5.49. The van der Waals surface area contributed by atoms with E-state index in [0.29, 0.717) is 5.92 Å². The second-order valence-corrected chi connectivity index (χ2v) is 4.07. The molecule has 0 saturated heterocycles. The lowest BCUT2D eigenvalue weighted by molar-refractivity contribution is 0.550. The number of aliphatic imine (C=N–C) groups is 1. The summed E-state index contributed by atoms with van der Waals surface area (Å²) in [5.41, 5.74) is 2.78. The molecule has 0 spiro atoms. The van der Waals surface area contributed by atoms with E-state index in [1.165, 1.54) is 11.1 Å². The maximum absolute atomic E-state index is 4.17. The predicted octanol–water partition coefficient (Wildman–Crippen LogP) is 2.49. The first-order valence-corrected chi connectivity index (χ1v) is 5.16. The van der Waals surface area contributed by atoms with Crippen molar-refractivity contribution < 1.29 is 0 Å². The van der Waals surface area contributed by atoms with E-state index in [1.54, 1.807) is 0 Å². The number of allylic oxidation sites excluding steroid dienone is 1. The Morgan fingerprint density at radius 1 is 1.71 bits per heavy atom. The van der Waals surface area contributed by atoms with Crippen molar-refractivity contribution in [3.05, 3.63) is 23.4 Å². The Morgan fingerprint density at radius 2 is 2.29 bits per heavy atom. The molecule has 1 aliphatic rings. The van der Waals surface area contributed by atoms with Gasteiger partial charge in [0.2, 0.25) is 0 Å². The van der Waals surface area contributed by atoms with Crippen LogP contribution in [0, 0.1) is 5.92 Å². The van der Waals surface area contributed by atoms with Crippen molar-refractivity contribution in [1.82, 2.24) is 4.90 Å². The van der Waals surface area contributed by atoms with Crippen LogP contribution in [0.3, 0.4) is 0 Å². The quantitative estimate of drug-likeness (QED) is 0.611. The van der Waals surface area contributed by atoms with Crippen LogP contribution in [-0.2, 0) is 0 Å². The molecule has 0 N–H and O–H groups in total. The van der Waals surface area contributed by atoms with E-state index in [0.717, 1.165) is 6.42 Å². The summed E-state index contributed by atoms with van der Waals surface area (Å²) in [6.07, 6.45) is 5.47. The van der Waals surface area contributed by atoms with Crippen LogP contribution in [0.4, 0.5) is 0 Å². The average Bonchev–Trinajstić information content (AvgIpc) is 2.82. The van der Waals surface area contributed by atoms with Crippen LogP contribution in [0.1, 0.15) is 20.3 Å². The molecule has 0 aromatic heterocycles. The molecule has 1 aliphatic carbocycles. The van der Waals surface area contributed by atoms with Crippen molar-refractivity contribution in [2.45, 2.75) is 26.3 Å². The van der Waals surface area contributed by atoms with E-state index < -0.39 is 0 Å². The molecular weight excluding hydrogens is 172 g/mol. The third-order valence-corrected chi connectivity index (χ3v) is 2.51. The number of hydrogen-bond donors (Lipinski definition) is 0. The van der Waals surface area contributed by atoms with Gasteiger partial charge >= 0.3 is 0 Å². The maximum Gasteiger partial charge on any atom is 0.0755 e. The smallest absolute Gasteiger partial charge is 0.0755 e. The maximum atomic E-state index is 4.17. The lowest BCUT2D eigenvalue weighted by Crippen LogP contribution is -2.12. The zero-order valence-corrected chi connectivity index (χ0v) is 9.62. The summed E-state index contributed by atoms with van der Waals surface area (Å²) in [6, 6.07) is 0.258. The van der Waals surface area contributed by atoms with Crippen LogP contribution in [0.25, 0.3) is 0 Å². The summed E-state index contributed by atoms with van der Waals surface area (Å²) in [7, 11) is 4.09. The van der Waals surface area contributed by atoms with Gasteiger partial charge in [0, 0.05) is 20.3 Å². The Hall–Kier alpha value is -1.05. The number of hydrogen-bond acceptors (Lipinski definition) is 2. The van der Waals surface area contributed by atoms with E-state index in [1.807, 2.05) is 14.1 Å². The van der Waals surface area contributed by atoms with Crippen molar-refractivity contribution in [3.63, 3.8) is 0 Å². The Labute approximate surface area is 87.0 Å². The molecule has 14 heavy (non-hydrogen) atoms. The largest absolute Gasteiger partial charge is 0.383 e. The van der Waals surface area contributed by atoms with Gasteiger partial charge in [0.1, 0.15) is 0 Å². The van der Waals surface area contributed by atoms with Gasteiger partial charge in [0.15, 0.2) is 0 Å². The first-order chi connectivity index (χ1) is 6.60. The summed E-state index contributed by atoms with van der Waals surface area (Å²) in [5.74, 6) is 0.636. The molecule has 0 aliphatic heterocycles. The van der Waals surface area contributed by atoms with Gasteiger partial charge in [-0.2, -0.15) is 0 Å². The van der Waals surface area contributed by atoms with Crippen molar-refractivity contribution in [1.29, 1.82) is 0 Å². The minimum Gasteiger partial charge on any atom is -0.383 e. The third kappa shape index (κ3) is 2.47. The summed E-state index contributed by atoms with van der Waals surface area (Å²) >= 11 is 0. The topological polar surface area (TPSA) is 15.6 Å². The van der Waals surface area contributed by atoms with Crippen molar-refractivity contribution in [3.8, 4) is 0 Å². The van der Waals surface area contributed by atoms with Crippen LogP contribution in [0.5, 0.6) is 0 Å². The zero-order valence-electron chi connectivity index (χ0n) is 9.62. The van der Waals surface area contributed by atoms with E-state index in [9.17, 15) is 0 Å². The Balaban J connectivity index is 2.82. The fourth-order valence-electron chi connectivity index (χ4n) is 1.66. The van der Waals surface area contributed by atoms with Crippen molar-refractivity contribution in [2.24, 2.45) is 10.9 Å². The van der Waals surface area contributed by atoms with Crippen LogP contribution in [0.15, 0.2) is 28.4 Å². The van der Waals surface area contributed by atoms with E-state index in [4.69, 9.17) is 0 Å². The van der Waals surface area contributed by atoms with Gasteiger partial charge in [-0.1, -0.05) is 19.9 Å². The molecule has 0 bridgehead atoms. The lowest BCUT2D eigenvalue weighted by Gasteiger charge is -2.16. The van der Waals surface area contributed by atoms with Gasteiger partial charge in [-0.05, 0) is 30.2 Å². The minimum atomic E-state index is 0.258. The minimum absolute atomic E-state index is 0.258. The van der Waals surface area contributed by atoms with Gasteiger partial charge in [0.25, 0.3) is 0 Å². The standard InChI is InChI=1S/C12H20N2/c1-6-12(13-3)11(8-14(4)5)10-7-9(10)2/h7-9,12H,3,6H2,1-2,4-5H3/b11-8+.